The fourth-order valence-electron chi connectivity index (χ4n) is 1.93. The SMILES string of the molecule is Cc1ccccc1CNC(C)c1ccccc1.Cl. The predicted octanol–water partition coefficient (Wildman–Crippen LogP) is 4.27. The third-order valence-corrected chi connectivity index (χ3v) is 3.16. The van der Waals surface area contributed by atoms with E-state index in [0.717, 1.165) is 6.54 Å². The molecule has 0 saturated heterocycles. The summed E-state index contributed by atoms with van der Waals surface area (Å²) in [5, 5.41) is 3.56. The zero-order chi connectivity index (χ0) is 12.1. The average molecular weight is 262 g/mol. The van der Waals surface area contributed by atoms with Gasteiger partial charge in [-0.05, 0) is 30.5 Å². The standard InChI is InChI=1S/C16H19N.ClH/c1-13-8-6-7-11-16(13)12-17-14(2)15-9-4-3-5-10-15;/h3-11,14,17H,12H2,1-2H3;1H. The fraction of sp³-hybridized carbons (Fsp3) is 0.250. The summed E-state index contributed by atoms with van der Waals surface area (Å²) in [6.45, 7) is 5.28. The molecular weight excluding hydrogens is 242 g/mol. The van der Waals surface area contributed by atoms with Gasteiger partial charge in [0.15, 0.2) is 0 Å². The van der Waals surface area contributed by atoms with E-state index in [4.69, 9.17) is 0 Å². The third kappa shape index (κ3) is 3.86. The molecule has 2 heteroatoms. The van der Waals surface area contributed by atoms with Gasteiger partial charge in [0.2, 0.25) is 0 Å². The molecule has 1 unspecified atom stereocenters. The molecule has 0 amide bonds. The summed E-state index contributed by atoms with van der Waals surface area (Å²) in [4.78, 5) is 0. The molecule has 2 aromatic carbocycles. The Balaban J connectivity index is 0.00000162. The van der Waals surface area contributed by atoms with Crippen LogP contribution in [0.2, 0.25) is 0 Å². The highest BCUT2D eigenvalue weighted by molar-refractivity contribution is 5.85. The van der Waals surface area contributed by atoms with Crippen LogP contribution in [0.3, 0.4) is 0 Å². The van der Waals surface area contributed by atoms with E-state index in [1.54, 1.807) is 0 Å². The molecule has 0 aliphatic heterocycles. The van der Waals surface area contributed by atoms with E-state index >= 15 is 0 Å². The van der Waals surface area contributed by atoms with Gasteiger partial charge in [-0.15, -0.1) is 12.4 Å². The first-order valence-corrected chi connectivity index (χ1v) is 6.10. The predicted molar refractivity (Wildman–Crippen MR) is 80.1 cm³/mol. The highest BCUT2D eigenvalue weighted by atomic mass is 35.5. The highest BCUT2D eigenvalue weighted by Gasteiger charge is 2.04. The molecule has 0 saturated carbocycles. The van der Waals surface area contributed by atoms with Gasteiger partial charge in [-0.3, -0.25) is 0 Å². The van der Waals surface area contributed by atoms with Crippen molar-refractivity contribution in [3.8, 4) is 0 Å². The van der Waals surface area contributed by atoms with E-state index < -0.39 is 0 Å². The molecule has 96 valence electrons. The third-order valence-electron chi connectivity index (χ3n) is 3.16. The van der Waals surface area contributed by atoms with E-state index in [-0.39, 0.29) is 12.4 Å². The molecule has 2 aromatic rings. The number of hydrogen-bond donors (Lipinski definition) is 1. The van der Waals surface area contributed by atoms with Crippen molar-refractivity contribution in [1.82, 2.24) is 5.32 Å². The largest absolute Gasteiger partial charge is 0.306 e. The summed E-state index contributed by atoms with van der Waals surface area (Å²) in [6.07, 6.45) is 0. The average Bonchev–Trinajstić information content (AvgIpc) is 2.38. The molecule has 0 radical (unpaired) electrons. The van der Waals surface area contributed by atoms with Crippen molar-refractivity contribution in [2.24, 2.45) is 0 Å². The molecule has 0 heterocycles. The summed E-state index contributed by atoms with van der Waals surface area (Å²) in [5.74, 6) is 0. The van der Waals surface area contributed by atoms with Gasteiger partial charge in [0, 0.05) is 12.6 Å². The molecule has 0 fully saturated rings. The number of rotatable bonds is 4. The van der Waals surface area contributed by atoms with Crippen molar-refractivity contribution in [1.29, 1.82) is 0 Å². The zero-order valence-corrected chi connectivity index (χ0v) is 11.7. The zero-order valence-electron chi connectivity index (χ0n) is 10.9. The Hall–Kier alpha value is -1.31. The molecule has 18 heavy (non-hydrogen) atoms. The smallest absolute Gasteiger partial charge is 0.0294 e. The van der Waals surface area contributed by atoms with Crippen LogP contribution < -0.4 is 5.32 Å². The van der Waals surface area contributed by atoms with Crippen LogP contribution in [0, 0.1) is 6.92 Å². The summed E-state index contributed by atoms with van der Waals surface area (Å²) in [7, 11) is 0. The van der Waals surface area contributed by atoms with Gasteiger partial charge in [-0.1, -0.05) is 54.6 Å². The van der Waals surface area contributed by atoms with Crippen LogP contribution in [-0.2, 0) is 6.54 Å². The van der Waals surface area contributed by atoms with Crippen molar-refractivity contribution in [2.75, 3.05) is 0 Å². The summed E-state index contributed by atoms with van der Waals surface area (Å²) in [5.41, 5.74) is 4.05. The topological polar surface area (TPSA) is 12.0 Å². The van der Waals surface area contributed by atoms with Crippen LogP contribution in [0.25, 0.3) is 0 Å². The van der Waals surface area contributed by atoms with E-state index in [1.165, 1.54) is 16.7 Å². The van der Waals surface area contributed by atoms with Gasteiger partial charge in [0.05, 0.1) is 0 Å². The molecule has 0 aliphatic rings. The van der Waals surface area contributed by atoms with Gasteiger partial charge in [0.25, 0.3) is 0 Å². The number of aryl methyl sites for hydroxylation is 1. The van der Waals surface area contributed by atoms with Gasteiger partial charge in [-0.2, -0.15) is 0 Å². The Bertz CT molecular complexity index is 468. The van der Waals surface area contributed by atoms with Crippen LogP contribution in [0.5, 0.6) is 0 Å². The lowest BCUT2D eigenvalue weighted by Gasteiger charge is -2.15. The molecule has 1 atom stereocenters. The van der Waals surface area contributed by atoms with Crippen molar-refractivity contribution in [3.63, 3.8) is 0 Å². The van der Waals surface area contributed by atoms with Crippen LogP contribution in [-0.4, -0.2) is 0 Å². The van der Waals surface area contributed by atoms with Gasteiger partial charge < -0.3 is 5.32 Å². The van der Waals surface area contributed by atoms with Crippen molar-refractivity contribution in [2.45, 2.75) is 26.4 Å². The maximum atomic E-state index is 3.56. The number of hydrogen-bond acceptors (Lipinski definition) is 1. The van der Waals surface area contributed by atoms with Crippen LogP contribution in [0.4, 0.5) is 0 Å². The second-order valence-electron chi connectivity index (χ2n) is 4.44. The summed E-state index contributed by atoms with van der Waals surface area (Å²) in [6, 6.07) is 19.4. The van der Waals surface area contributed by atoms with E-state index in [1.807, 2.05) is 0 Å². The first-order chi connectivity index (χ1) is 8.27. The van der Waals surface area contributed by atoms with Crippen LogP contribution in [0.1, 0.15) is 29.7 Å². The quantitative estimate of drug-likeness (QED) is 0.867. The highest BCUT2D eigenvalue weighted by Crippen LogP contribution is 2.13. The van der Waals surface area contributed by atoms with E-state index in [9.17, 15) is 0 Å². The van der Waals surface area contributed by atoms with Gasteiger partial charge in [-0.25, -0.2) is 0 Å². The maximum absolute atomic E-state index is 3.56. The van der Waals surface area contributed by atoms with Crippen LogP contribution >= 0.6 is 12.4 Å². The lowest BCUT2D eigenvalue weighted by molar-refractivity contribution is 0.573. The van der Waals surface area contributed by atoms with Crippen molar-refractivity contribution >= 4 is 12.4 Å². The van der Waals surface area contributed by atoms with Crippen LogP contribution in [0.15, 0.2) is 54.6 Å². The number of halogens is 1. The Kier molecular flexibility index (Phi) is 5.90. The van der Waals surface area contributed by atoms with E-state index in [0.29, 0.717) is 6.04 Å². The van der Waals surface area contributed by atoms with Crippen molar-refractivity contribution < 1.29 is 0 Å². The Labute approximate surface area is 116 Å². The second kappa shape index (κ2) is 7.20. The summed E-state index contributed by atoms with van der Waals surface area (Å²) >= 11 is 0. The summed E-state index contributed by atoms with van der Waals surface area (Å²) < 4.78 is 0. The Morgan fingerprint density at radius 3 is 2.22 bits per heavy atom. The minimum absolute atomic E-state index is 0. The molecule has 0 aromatic heterocycles. The molecule has 0 bridgehead atoms. The number of nitrogens with one attached hydrogen (secondary N) is 1. The second-order valence-corrected chi connectivity index (χ2v) is 4.44. The first kappa shape index (κ1) is 14.7. The Morgan fingerprint density at radius 1 is 0.944 bits per heavy atom. The molecular formula is C16H20ClN. The molecule has 1 nitrogen and oxygen atoms in total. The monoisotopic (exact) mass is 261 g/mol. The Morgan fingerprint density at radius 2 is 1.56 bits per heavy atom. The minimum Gasteiger partial charge on any atom is -0.306 e. The van der Waals surface area contributed by atoms with Gasteiger partial charge >= 0.3 is 0 Å². The van der Waals surface area contributed by atoms with E-state index in [2.05, 4.69) is 73.8 Å². The van der Waals surface area contributed by atoms with Gasteiger partial charge in [0.1, 0.15) is 0 Å². The molecule has 2 rings (SSSR count). The molecule has 1 N–H and O–H groups in total. The molecule has 0 aliphatic carbocycles. The number of benzene rings is 2. The fourth-order valence-corrected chi connectivity index (χ4v) is 1.93. The molecule has 0 spiro atoms. The first-order valence-electron chi connectivity index (χ1n) is 6.10. The van der Waals surface area contributed by atoms with Crippen molar-refractivity contribution in [3.05, 3.63) is 71.3 Å². The minimum atomic E-state index is 0. The lowest BCUT2D eigenvalue weighted by Crippen LogP contribution is -2.18. The normalized spacial score (nSPS) is 11.7. The lowest BCUT2D eigenvalue weighted by atomic mass is 10.1. The maximum Gasteiger partial charge on any atom is 0.0294 e.